The molecule has 1 amide bonds. The third kappa shape index (κ3) is 5.30. The summed E-state index contributed by atoms with van der Waals surface area (Å²) in [5.41, 5.74) is 2.61. The Balaban J connectivity index is 1.82. The maximum absolute atomic E-state index is 13.7. The summed E-state index contributed by atoms with van der Waals surface area (Å²) in [6.07, 6.45) is 2.15. The zero-order valence-corrected chi connectivity index (χ0v) is 18.7. The van der Waals surface area contributed by atoms with Crippen molar-refractivity contribution >= 4 is 29.1 Å². The summed E-state index contributed by atoms with van der Waals surface area (Å²) in [5, 5.41) is 1.11. The molecule has 0 saturated carbocycles. The van der Waals surface area contributed by atoms with Gasteiger partial charge in [0.15, 0.2) is 0 Å². The number of aryl methyl sites for hydroxylation is 1. The van der Waals surface area contributed by atoms with Crippen LogP contribution in [0.25, 0.3) is 0 Å². The highest BCUT2D eigenvalue weighted by Crippen LogP contribution is 2.40. The number of benzene rings is 2. The van der Waals surface area contributed by atoms with E-state index in [9.17, 15) is 9.18 Å². The number of carbonyl (C=O) groups is 1. The summed E-state index contributed by atoms with van der Waals surface area (Å²) in [6, 6.07) is 10.3. The molecule has 29 heavy (non-hydrogen) atoms. The first-order valence-electron chi connectivity index (χ1n) is 9.83. The van der Waals surface area contributed by atoms with Crippen LogP contribution in [0.3, 0.4) is 0 Å². The molecule has 2 aromatic carbocycles. The lowest BCUT2D eigenvalue weighted by molar-refractivity contribution is -0.132. The Kier molecular flexibility index (Phi) is 6.87. The molecule has 156 valence electrons. The Hall–Kier alpha value is -1.62. The molecule has 1 saturated heterocycles. The molecule has 1 fully saturated rings. The van der Waals surface area contributed by atoms with Gasteiger partial charge in [0.1, 0.15) is 5.82 Å². The standard InChI is InChI=1S/C23H27Cl2FN2O/c1-16-10-20(26)4-5-21(16)23(6-8-27(2)9-7-23)14-22(29)28(3)15-17-11-18(24)13-19(25)12-17/h4-5,10-13H,6-9,14-15H2,1-3H3. The lowest BCUT2D eigenvalue weighted by Crippen LogP contribution is -2.44. The maximum atomic E-state index is 13.7. The molecule has 0 bridgehead atoms. The second-order valence-corrected chi connectivity index (χ2v) is 9.12. The summed E-state index contributed by atoms with van der Waals surface area (Å²) in [7, 11) is 3.90. The first kappa shape index (κ1) is 22.1. The van der Waals surface area contributed by atoms with Crippen molar-refractivity contribution in [1.82, 2.24) is 9.80 Å². The molecule has 2 aromatic rings. The molecule has 1 heterocycles. The SMILES string of the molecule is Cc1cc(F)ccc1C1(CC(=O)N(C)Cc2cc(Cl)cc(Cl)c2)CCN(C)CC1. The number of rotatable bonds is 5. The zero-order valence-electron chi connectivity index (χ0n) is 17.1. The van der Waals surface area contributed by atoms with E-state index in [1.54, 1.807) is 24.1 Å². The van der Waals surface area contributed by atoms with Crippen LogP contribution in [-0.4, -0.2) is 42.9 Å². The number of carbonyl (C=O) groups excluding carboxylic acids is 1. The molecule has 3 nitrogen and oxygen atoms in total. The van der Waals surface area contributed by atoms with Crippen molar-refractivity contribution in [3.05, 3.63) is 69.0 Å². The van der Waals surface area contributed by atoms with Gasteiger partial charge in [-0.25, -0.2) is 4.39 Å². The molecule has 1 aliphatic heterocycles. The minimum Gasteiger partial charge on any atom is -0.341 e. The molecule has 3 rings (SSSR count). The fourth-order valence-corrected chi connectivity index (χ4v) is 4.87. The highest BCUT2D eigenvalue weighted by Gasteiger charge is 2.39. The summed E-state index contributed by atoms with van der Waals surface area (Å²) in [5.74, 6) is -0.176. The van der Waals surface area contributed by atoms with Crippen LogP contribution in [0.5, 0.6) is 0 Å². The third-order valence-corrected chi connectivity index (χ3v) is 6.40. The topological polar surface area (TPSA) is 23.6 Å². The Labute approximate surface area is 182 Å². The van der Waals surface area contributed by atoms with Gasteiger partial charge in [0.05, 0.1) is 0 Å². The van der Waals surface area contributed by atoms with E-state index in [1.165, 1.54) is 6.07 Å². The Morgan fingerprint density at radius 3 is 2.34 bits per heavy atom. The number of hydrogen-bond acceptors (Lipinski definition) is 2. The van der Waals surface area contributed by atoms with Crippen LogP contribution in [0.4, 0.5) is 4.39 Å². The van der Waals surface area contributed by atoms with Gasteiger partial charge in [0.25, 0.3) is 0 Å². The Morgan fingerprint density at radius 1 is 1.14 bits per heavy atom. The Morgan fingerprint density at radius 2 is 1.76 bits per heavy atom. The summed E-state index contributed by atoms with van der Waals surface area (Å²) < 4.78 is 13.7. The average molecular weight is 437 g/mol. The van der Waals surface area contributed by atoms with Gasteiger partial charge in [-0.1, -0.05) is 29.3 Å². The first-order chi connectivity index (χ1) is 13.7. The minimum absolute atomic E-state index is 0.0642. The minimum atomic E-state index is -0.276. The predicted octanol–water partition coefficient (Wildman–Crippen LogP) is 5.45. The Bertz CT molecular complexity index is 874. The molecule has 0 aliphatic carbocycles. The van der Waals surface area contributed by atoms with Crippen molar-refractivity contribution in [2.24, 2.45) is 0 Å². The van der Waals surface area contributed by atoms with Gasteiger partial charge in [-0.05, 0) is 86.9 Å². The third-order valence-electron chi connectivity index (χ3n) is 5.96. The van der Waals surface area contributed by atoms with Gasteiger partial charge in [-0.15, -0.1) is 0 Å². The van der Waals surface area contributed by atoms with Crippen LogP contribution in [0.15, 0.2) is 36.4 Å². The number of piperidine rings is 1. The van der Waals surface area contributed by atoms with Crippen LogP contribution in [0.2, 0.25) is 10.0 Å². The van der Waals surface area contributed by atoms with Gasteiger partial charge < -0.3 is 9.80 Å². The van der Waals surface area contributed by atoms with E-state index in [0.29, 0.717) is 23.0 Å². The van der Waals surface area contributed by atoms with Crippen LogP contribution >= 0.6 is 23.2 Å². The van der Waals surface area contributed by atoms with E-state index in [-0.39, 0.29) is 17.1 Å². The molecular formula is C23H27Cl2FN2O. The van der Waals surface area contributed by atoms with Crippen LogP contribution in [0, 0.1) is 12.7 Å². The quantitative estimate of drug-likeness (QED) is 0.621. The molecule has 0 atom stereocenters. The number of halogens is 3. The van der Waals surface area contributed by atoms with Crippen molar-refractivity contribution in [3.8, 4) is 0 Å². The normalized spacial score (nSPS) is 16.6. The van der Waals surface area contributed by atoms with Crippen molar-refractivity contribution in [3.63, 3.8) is 0 Å². The van der Waals surface area contributed by atoms with Gasteiger partial charge in [-0.2, -0.15) is 0 Å². The lowest BCUT2D eigenvalue weighted by atomic mass is 9.69. The van der Waals surface area contributed by atoms with Gasteiger partial charge in [0, 0.05) is 35.5 Å². The lowest BCUT2D eigenvalue weighted by Gasteiger charge is -2.42. The smallest absolute Gasteiger partial charge is 0.223 e. The fraction of sp³-hybridized carbons (Fsp3) is 0.435. The van der Waals surface area contributed by atoms with E-state index in [4.69, 9.17) is 23.2 Å². The highest BCUT2D eigenvalue weighted by molar-refractivity contribution is 6.34. The molecule has 0 N–H and O–H groups in total. The second kappa shape index (κ2) is 9.03. The molecule has 0 unspecified atom stereocenters. The predicted molar refractivity (Wildman–Crippen MR) is 117 cm³/mol. The molecule has 0 radical (unpaired) electrons. The van der Waals surface area contributed by atoms with Crippen LogP contribution in [-0.2, 0) is 16.8 Å². The summed E-state index contributed by atoms with van der Waals surface area (Å²) in [4.78, 5) is 17.2. The monoisotopic (exact) mass is 436 g/mol. The fourth-order valence-electron chi connectivity index (χ4n) is 4.30. The number of likely N-dealkylation sites (tertiary alicyclic amines) is 1. The average Bonchev–Trinajstić information content (AvgIpc) is 2.63. The van der Waals surface area contributed by atoms with E-state index in [0.717, 1.165) is 42.6 Å². The van der Waals surface area contributed by atoms with Crippen molar-refractivity contribution in [1.29, 1.82) is 0 Å². The molecule has 0 aromatic heterocycles. The van der Waals surface area contributed by atoms with E-state index in [2.05, 4.69) is 11.9 Å². The summed E-state index contributed by atoms with van der Waals surface area (Å²) >= 11 is 12.2. The van der Waals surface area contributed by atoms with E-state index in [1.807, 2.05) is 25.1 Å². The van der Waals surface area contributed by atoms with Crippen molar-refractivity contribution < 1.29 is 9.18 Å². The molecule has 0 spiro atoms. The first-order valence-corrected chi connectivity index (χ1v) is 10.6. The van der Waals surface area contributed by atoms with Crippen LogP contribution in [0.1, 0.15) is 36.0 Å². The van der Waals surface area contributed by atoms with Gasteiger partial charge in [-0.3, -0.25) is 4.79 Å². The number of nitrogens with zero attached hydrogens (tertiary/aromatic N) is 2. The molecule has 1 aliphatic rings. The van der Waals surface area contributed by atoms with Crippen LogP contribution < -0.4 is 0 Å². The summed E-state index contributed by atoms with van der Waals surface area (Å²) in [6.45, 7) is 4.20. The second-order valence-electron chi connectivity index (χ2n) is 8.25. The van der Waals surface area contributed by atoms with E-state index < -0.39 is 0 Å². The molecular weight excluding hydrogens is 410 g/mol. The number of hydrogen-bond donors (Lipinski definition) is 0. The van der Waals surface area contributed by atoms with E-state index >= 15 is 0 Å². The zero-order chi connectivity index (χ0) is 21.2. The maximum Gasteiger partial charge on any atom is 0.223 e. The molecule has 6 heteroatoms. The number of amides is 1. The van der Waals surface area contributed by atoms with Gasteiger partial charge in [0.2, 0.25) is 5.91 Å². The van der Waals surface area contributed by atoms with Crippen molar-refractivity contribution in [2.75, 3.05) is 27.2 Å². The highest BCUT2D eigenvalue weighted by atomic mass is 35.5. The largest absolute Gasteiger partial charge is 0.341 e. The van der Waals surface area contributed by atoms with Crippen molar-refractivity contribution in [2.45, 2.75) is 38.1 Å². The van der Waals surface area contributed by atoms with Gasteiger partial charge >= 0.3 is 0 Å².